The van der Waals surface area contributed by atoms with E-state index in [-0.39, 0.29) is 0 Å². The average molecular weight is 390 g/mol. The Labute approximate surface area is 170 Å². The number of pyridine rings is 4. The highest BCUT2D eigenvalue weighted by Gasteiger charge is 2.17. The summed E-state index contributed by atoms with van der Waals surface area (Å²) in [4.78, 5) is 25.8. The van der Waals surface area contributed by atoms with Gasteiger partial charge in [-0.25, -0.2) is 15.0 Å². The van der Waals surface area contributed by atoms with Crippen LogP contribution >= 0.6 is 0 Å². The van der Waals surface area contributed by atoms with E-state index in [9.17, 15) is 0 Å². The summed E-state index contributed by atoms with van der Waals surface area (Å²) in [6.07, 6.45) is 7.01. The van der Waals surface area contributed by atoms with Crippen LogP contribution in [0.4, 0.5) is 0 Å². The fourth-order valence-electron chi connectivity index (χ4n) is 3.51. The fourth-order valence-corrected chi connectivity index (χ4v) is 3.51. The first kappa shape index (κ1) is 16.5. The van der Waals surface area contributed by atoms with Crippen molar-refractivity contribution in [2.75, 3.05) is 0 Å². The summed E-state index contributed by atoms with van der Waals surface area (Å²) in [5.74, 6) is 0.603. The number of aromatic amines is 2. The summed E-state index contributed by atoms with van der Waals surface area (Å²) in [6.45, 7) is 0. The first-order valence-electron chi connectivity index (χ1n) is 9.39. The minimum absolute atomic E-state index is 0.603. The van der Waals surface area contributed by atoms with Crippen LogP contribution in [0.5, 0.6) is 0 Å². The molecule has 0 unspecified atom stereocenters. The number of aromatic nitrogens is 8. The highest BCUT2D eigenvalue weighted by molar-refractivity contribution is 5.94. The molecule has 0 fully saturated rings. The summed E-state index contributed by atoms with van der Waals surface area (Å²) in [5.41, 5.74) is 7.26. The lowest BCUT2D eigenvalue weighted by molar-refractivity contribution is 1.10. The van der Waals surface area contributed by atoms with Crippen LogP contribution in [0.15, 0.2) is 73.3 Å². The van der Waals surface area contributed by atoms with Crippen molar-refractivity contribution in [1.29, 1.82) is 0 Å². The number of H-pyrrole nitrogens is 2. The van der Waals surface area contributed by atoms with Gasteiger partial charge in [-0.15, -0.1) is 0 Å². The monoisotopic (exact) mass is 390 g/mol. The summed E-state index contributed by atoms with van der Waals surface area (Å²) in [7, 11) is 0. The topological polar surface area (TPSA) is 109 Å². The van der Waals surface area contributed by atoms with E-state index >= 15 is 0 Å². The van der Waals surface area contributed by atoms with Gasteiger partial charge in [0, 0.05) is 35.9 Å². The lowest BCUT2D eigenvalue weighted by atomic mass is 10.1. The molecule has 0 radical (unpaired) electrons. The van der Waals surface area contributed by atoms with Crippen LogP contribution in [0.25, 0.3) is 56.2 Å². The molecule has 142 valence electrons. The number of hydrogen-bond donors (Lipinski definition) is 2. The van der Waals surface area contributed by atoms with E-state index in [0.29, 0.717) is 17.2 Å². The van der Waals surface area contributed by atoms with E-state index in [2.05, 4.69) is 35.1 Å². The van der Waals surface area contributed by atoms with Crippen molar-refractivity contribution in [3.63, 3.8) is 0 Å². The molecule has 6 heterocycles. The van der Waals surface area contributed by atoms with Crippen LogP contribution < -0.4 is 0 Å². The van der Waals surface area contributed by atoms with Crippen molar-refractivity contribution in [2.24, 2.45) is 0 Å². The zero-order valence-electron chi connectivity index (χ0n) is 15.6. The van der Waals surface area contributed by atoms with Gasteiger partial charge in [-0.2, -0.15) is 5.10 Å². The van der Waals surface area contributed by atoms with Crippen LogP contribution in [-0.2, 0) is 0 Å². The molecule has 6 aromatic rings. The third-order valence-corrected chi connectivity index (χ3v) is 4.94. The molecule has 0 bridgehead atoms. The smallest absolute Gasteiger partial charge is 0.178 e. The SMILES string of the molecule is c1ccc(-c2ccnc3nc(-c4n[nH]c5ccc(-c6ccncc6)nc45)[nH]c23)nc1. The minimum Gasteiger partial charge on any atom is -0.335 e. The Kier molecular flexibility index (Phi) is 3.60. The molecule has 0 saturated carbocycles. The van der Waals surface area contributed by atoms with E-state index < -0.39 is 0 Å². The minimum atomic E-state index is 0.603. The Bertz CT molecular complexity index is 1490. The molecule has 0 aliphatic heterocycles. The van der Waals surface area contributed by atoms with Crippen molar-refractivity contribution in [1.82, 2.24) is 40.1 Å². The van der Waals surface area contributed by atoms with Gasteiger partial charge in [-0.1, -0.05) is 6.07 Å². The van der Waals surface area contributed by atoms with Gasteiger partial charge < -0.3 is 4.98 Å². The first-order valence-corrected chi connectivity index (χ1v) is 9.39. The zero-order chi connectivity index (χ0) is 19.9. The van der Waals surface area contributed by atoms with Crippen molar-refractivity contribution >= 4 is 22.2 Å². The largest absolute Gasteiger partial charge is 0.335 e. The standard InChI is InChI=1S/C22H14N8/c1-2-9-24-16(3-1)14-8-12-25-21-18(14)27-22(28-21)20-19-17(29-30-20)5-4-15(26-19)13-6-10-23-11-7-13/h1-12H,(H,29,30)(H,25,27,28). The highest BCUT2D eigenvalue weighted by atomic mass is 15.2. The third kappa shape index (κ3) is 2.62. The van der Waals surface area contributed by atoms with Gasteiger partial charge in [0.1, 0.15) is 5.52 Å². The quantitative estimate of drug-likeness (QED) is 0.472. The molecule has 0 saturated heterocycles. The second kappa shape index (κ2) is 6.56. The molecule has 0 aliphatic carbocycles. The Morgan fingerprint density at radius 1 is 0.733 bits per heavy atom. The number of fused-ring (bicyclic) bond motifs is 2. The molecule has 30 heavy (non-hydrogen) atoms. The van der Waals surface area contributed by atoms with Gasteiger partial charge in [0.15, 0.2) is 17.2 Å². The lowest BCUT2D eigenvalue weighted by Crippen LogP contribution is -1.87. The van der Waals surface area contributed by atoms with Crippen molar-refractivity contribution in [3.05, 3.63) is 73.3 Å². The lowest BCUT2D eigenvalue weighted by Gasteiger charge is -2.01. The maximum absolute atomic E-state index is 4.82. The van der Waals surface area contributed by atoms with Crippen molar-refractivity contribution in [3.8, 4) is 34.0 Å². The van der Waals surface area contributed by atoms with Gasteiger partial charge in [0.05, 0.1) is 22.4 Å². The summed E-state index contributed by atoms with van der Waals surface area (Å²) in [6, 6.07) is 15.5. The van der Waals surface area contributed by atoms with Gasteiger partial charge in [-0.05, 0) is 42.5 Å². The molecule has 0 aromatic carbocycles. The molecule has 6 rings (SSSR count). The third-order valence-electron chi connectivity index (χ3n) is 4.94. The number of imidazole rings is 1. The predicted molar refractivity (Wildman–Crippen MR) is 113 cm³/mol. The highest BCUT2D eigenvalue weighted by Crippen LogP contribution is 2.30. The van der Waals surface area contributed by atoms with Gasteiger partial charge in [-0.3, -0.25) is 15.1 Å². The number of nitrogens with one attached hydrogen (secondary N) is 2. The van der Waals surface area contributed by atoms with Crippen LogP contribution in [0.3, 0.4) is 0 Å². The van der Waals surface area contributed by atoms with Crippen LogP contribution in [0.2, 0.25) is 0 Å². The summed E-state index contributed by atoms with van der Waals surface area (Å²) >= 11 is 0. The van der Waals surface area contributed by atoms with E-state index in [1.807, 2.05) is 48.5 Å². The van der Waals surface area contributed by atoms with Crippen LogP contribution in [-0.4, -0.2) is 40.1 Å². The Balaban J connectivity index is 1.52. The number of hydrogen-bond acceptors (Lipinski definition) is 6. The molecular formula is C22H14N8. The maximum atomic E-state index is 4.82. The molecular weight excluding hydrogens is 376 g/mol. The summed E-state index contributed by atoms with van der Waals surface area (Å²) < 4.78 is 0. The predicted octanol–water partition coefficient (Wildman–Crippen LogP) is 4.02. The van der Waals surface area contributed by atoms with Crippen molar-refractivity contribution in [2.45, 2.75) is 0 Å². The second-order valence-corrected chi connectivity index (χ2v) is 6.76. The average Bonchev–Trinajstić information content (AvgIpc) is 3.43. The van der Waals surface area contributed by atoms with E-state index in [1.165, 1.54) is 0 Å². The normalized spacial score (nSPS) is 11.3. The maximum Gasteiger partial charge on any atom is 0.178 e. The molecule has 6 aromatic heterocycles. The molecule has 0 spiro atoms. The van der Waals surface area contributed by atoms with Gasteiger partial charge in [0.25, 0.3) is 0 Å². The molecule has 0 aliphatic rings. The molecule has 8 nitrogen and oxygen atoms in total. The van der Waals surface area contributed by atoms with Crippen molar-refractivity contribution < 1.29 is 0 Å². The molecule has 0 atom stereocenters. The van der Waals surface area contributed by atoms with Crippen LogP contribution in [0, 0.1) is 0 Å². The fraction of sp³-hybridized carbons (Fsp3) is 0. The van der Waals surface area contributed by atoms with E-state index in [1.54, 1.807) is 24.8 Å². The number of nitrogens with zero attached hydrogens (tertiary/aromatic N) is 6. The Hall–Kier alpha value is -4.46. The van der Waals surface area contributed by atoms with Gasteiger partial charge >= 0.3 is 0 Å². The molecule has 0 amide bonds. The Morgan fingerprint density at radius 3 is 2.53 bits per heavy atom. The number of rotatable bonds is 3. The molecule has 8 heteroatoms. The zero-order valence-corrected chi connectivity index (χ0v) is 15.6. The summed E-state index contributed by atoms with van der Waals surface area (Å²) in [5, 5.41) is 7.50. The molecule has 2 N–H and O–H groups in total. The van der Waals surface area contributed by atoms with Crippen LogP contribution in [0.1, 0.15) is 0 Å². The first-order chi connectivity index (χ1) is 14.9. The Morgan fingerprint density at radius 2 is 1.67 bits per heavy atom. The van der Waals surface area contributed by atoms with Gasteiger partial charge in [0.2, 0.25) is 0 Å². The second-order valence-electron chi connectivity index (χ2n) is 6.76. The van der Waals surface area contributed by atoms with E-state index in [4.69, 9.17) is 4.98 Å². The van der Waals surface area contributed by atoms with E-state index in [0.717, 1.165) is 39.1 Å².